The second kappa shape index (κ2) is 8.84. The van der Waals surface area contributed by atoms with Gasteiger partial charge in [-0.25, -0.2) is 4.68 Å². The average Bonchev–Trinajstić information content (AvgIpc) is 3.23. The Hall–Kier alpha value is -3.28. The predicted octanol–water partition coefficient (Wildman–Crippen LogP) is 6.42. The number of benzene rings is 3. The van der Waals surface area contributed by atoms with Crippen LogP contribution in [-0.4, -0.2) is 22.8 Å². The number of hydrogen-bond donors (Lipinski definition) is 1. The summed E-state index contributed by atoms with van der Waals surface area (Å²) in [5.74, 6) is 0.406. The largest absolute Gasteiger partial charge is 0.497 e. The van der Waals surface area contributed by atoms with Crippen LogP contribution in [0.3, 0.4) is 0 Å². The number of nitrogens with zero attached hydrogens (tertiary/aromatic N) is 2. The predicted molar refractivity (Wildman–Crippen MR) is 125 cm³/mol. The van der Waals surface area contributed by atoms with Gasteiger partial charge in [-0.1, -0.05) is 53.0 Å². The van der Waals surface area contributed by atoms with Crippen molar-refractivity contribution in [1.82, 2.24) is 9.78 Å². The molecule has 0 saturated heterocycles. The molecule has 0 aliphatic heterocycles. The molecule has 0 aliphatic rings. The van der Waals surface area contributed by atoms with Gasteiger partial charge in [0.05, 0.1) is 28.5 Å². The number of carbonyl (C=O) groups excluding carboxylic acids is 1. The lowest BCUT2D eigenvalue weighted by Crippen LogP contribution is -2.17. The van der Waals surface area contributed by atoms with Crippen molar-refractivity contribution in [2.45, 2.75) is 6.92 Å². The van der Waals surface area contributed by atoms with Gasteiger partial charge < -0.3 is 10.1 Å². The Labute approximate surface area is 190 Å². The molecule has 0 fully saturated rings. The van der Waals surface area contributed by atoms with E-state index in [0.717, 1.165) is 11.1 Å². The van der Waals surface area contributed by atoms with Gasteiger partial charge in [0.1, 0.15) is 11.4 Å². The summed E-state index contributed by atoms with van der Waals surface area (Å²) in [5, 5.41) is 8.40. The molecular weight excluding hydrogens is 433 g/mol. The summed E-state index contributed by atoms with van der Waals surface area (Å²) in [6.45, 7) is 1.99. The van der Waals surface area contributed by atoms with E-state index >= 15 is 0 Å². The molecule has 4 aromatic rings. The van der Waals surface area contributed by atoms with E-state index in [0.29, 0.717) is 38.6 Å². The van der Waals surface area contributed by atoms with Gasteiger partial charge in [-0.05, 0) is 55.5 Å². The summed E-state index contributed by atoms with van der Waals surface area (Å²) in [7, 11) is 1.61. The van der Waals surface area contributed by atoms with E-state index in [1.807, 2.05) is 55.5 Å². The van der Waals surface area contributed by atoms with Gasteiger partial charge >= 0.3 is 0 Å². The first-order chi connectivity index (χ1) is 14.9. The lowest BCUT2D eigenvalue weighted by atomic mass is 10.1. The second-order valence-corrected chi connectivity index (χ2v) is 7.79. The van der Waals surface area contributed by atoms with E-state index in [4.69, 9.17) is 27.9 Å². The Balaban J connectivity index is 1.79. The molecule has 0 radical (unpaired) electrons. The molecule has 3 aromatic carbocycles. The second-order valence-electron chi connectivity index (χ2n) is 6.98. The fourth-order valence-corrected chi connectivity index (χ4v) is 3.40. The van der Waals surface area contributed by atoms with E-state index in [-0.39, 0.29) is 5.91 Å². The Morgan fingerprint density at radius 1 is 0.968 bits per heavy atom. The highest BCUT2D eigenvalue weighted by Gasteiger charge is 2.19. The maximum atomic E-state index is 13.2. The van der Waals surface area contributed by atoms with Crippen molar-refractivity contribution in [3.05, 3.63) is 94.1 Å². The van der Waals surface area contributed by atoms with Gasteiger partial charge in [0.2, 0.25) is 0 Å². The lowest BCUT2D eigenvalue weighted by molar-refractivity contribution is 0.101. The molecule has 0 aliphatic carbocycles. The van der Waals surface area contributed by atoms with E-state index < -0.39 is 0 Å². The van der Waals surface area contributed by atoms with Crippen LogP contribution in [0.15, 0.2) is 72.8 Å². The van der Waals surface area contributed by atoms with Gasteiger partial charge in [0.15, 0.2) is 0 Å². The number of amides is 1. The molecule has 0 bridgehead atoms. The maximum Gasteiger partial charge on any atom is 0.274 e. The smallest absolute Gasteiger partial charge is 0.274 e. The highest BCUT2D eigenvalue weighted by atomic mass is 35.5. The van der Waals surface area contributed by atoms with Gasteiger partial charge in [-0.15, -0.1) is 0 Å². The first kappa shape index (κ1) is 21.0. The molecule has 1 aromatic heterocycles. The highest BCUT2D eigenvalue weighted by Crippen LogP contribution is 2.28. The SMILES string of the molecule is COc1cccc(-c2cc(C(=O)Nc3ccc(C)cc3)n(-c3ccc(Cl)c(Cl)c3)n2)c1. The van der Waals surface area contributed by atoms with Crippen LogP contribution in [0, 0.1) is 6.92 Å². The van der Waals surface area contributed by atoms with Crippen LogP contribution < -0.4 is 10.1 Å². The Bertz CT molecular complexity index is 1250. The number of halogens is 2. The summed E-state index contributed by atoms with van der Waals surface area (Å²) in [4.78, 5) is 13.2. The summed E-state index contributed by atoms with van der Waals surface area (Å²) in [6.07, 6.45) is 0. The van der Waals surface area contributed by atoms with E-state index in [2.05, 4.69) is 10.4 Å². The molecule has 1 heterocycles. The van der Waals surface area contributed by atoms with Crippen molar-refractivity contribution in [3.63, 3.8) is 0 Å². The topological polar surface area (TPSA) is 56.1 Å². The Morgan fingerprint density at radius 2 is 1.74 bits per heavy atom. The van der Waals surface area contributed by atoms with Crippen molar-refractivity contribution >= 4 is 34.8 Å². The van der Waals surface area contributed by atoms with E-state index in [1.54, 1.807) is 36.1 Å². The Morgan fingerprint density at radius 3 is 2.45 bits per heavy atom. The minimum atomic E-state index is -0.295. The zero-order valence-electron chi connectivity index (χ0n) is 16.9. The third-order valence-electron chi connectivity index (χ3n) is 4.76. The van der Waals surface area contributed by atoms with Crippen LogP contribution in [-0.2, 0) is 0 Å². The molecule has 1 amide bonds. The molecule has 0 unspecified atom stereocenters. The molecule has 0 spiro atoms. The summed E-state index contributed by atoms with van der Waals surface area (Å²) < 4.78 is 6.87. The van der Waals surface area contributed by atoms with E-state index in [1.165, 1.54) is 0 Å². The van der Waals surface area contributed by atoms with Crippen molar-refractivity contribution < 1.29 is 9.53 Å². The normalized spacial score (nSPS) is 10.7. The number of aryl methyl sites for hydroxylation is 1. The number of anilines is 1. The molecule has 5 nitrogen and oxygen atoms in total. The molecule has 0 atom stereocenters. The molecule has 4 rings (SSSR count). The molecule has 1 N–H and O–H groups in total. The number of rotatable bonds is 5. The number of carbonyl (C=O) groups is 1. The monoisotopic (exact) mass is 451 g/mol. The van der Waals surface area contributed by atoms with Crippen LogP contribution in [0.2, 0.25) is 10.0 Å². The minimum absolute atomic E-state index is 0.295. The zero-order chi connectivity index (χ0) is 22.0. The molecular formula is C24H19Cl2N3O2. The van der Waals surface area contributed by atoms with Crippen LogP contribution in [0.1, 0.15) is 16.1 Å². The van der Waals surface area contributed by atoms with Gasteiger partial charge in [-0.2, -0.15) is 5.10 Å². The highest BCUT2D eigenvalue weighted by molar-refractivity contribution is 6.42. The molecule has 31 heavy (non-hydrogen) atoms. The number of methoxy groups -OCH3 is 1. The lowest BCUT2D eigenvalue weighted by Gasteiger charge is -2.09. The first-order valence-electron chi connectivity index (χ1n) is 9.52. The van der Waals surface area contributed by atoms with Crippen LogP contribution in [0.5, 0.6) is 5.75 Å². The minimum Gasteiger partial charge on any atom is -0.497 e. The molecule has 156 valence electrons. The van der Waals surface area contributed by atoms with Crippen LogP contribution in [0.4, 0.5) is 5.69 Å². The number of ether oxygens (including phenoxy) is 1. The summed E-state index contributed by atoms with van der Waals surface area (Å²) in [6, 6.07) is 21.9. The number of hydrogen-bond acceptors (Lipinski definition) is 3. The third kappa shape index (κ3) is 4.58. The standard InChI is InChI=1S/C24H19Cl2N3O2/c1-15-6-8-17(9-7-15)27-24(30)23-14-22(16-4-3-5-19(12-16)31-2)28-29(23)18-10-11-20(25)21(26)13-18/h3-14H,1-2H3,(H,27,30). The quantitative estimate of drug-likeness (QED) is 0.381. The average molecular weight is 452 g/mol. The van der Waals surface area contributed by atoms with E-state index in [9.17, 15) is 4.79 Å². The number of aromatic nitrogens is 2. The molecule has 7 heteroatoms. The summed E-state index contributed by atoms with van der Waals surface area (Å²) in [5.41, 5.74) is 4.23. The zero-order valence-corrected chi connectivity index (χ0v) is 18.4. The van der Waals surface area contributed by atoms with Crippen LogP contribution in [0.25, 0.3) is 16.9 Å². The fourth-order valence-electron chi connectivity index (χ4n) is 3.11. The molecule has 0 saturated carbocycles. The summed E-state index contributed by atoms with van der Waals surface area (Å²) >= 11 is 12.3. The van der Waals surface area contributed by atoms with Crippen molar-refractivity contribution in [3.8, 4) is 22.7 Å². The first-order valence-corrected chi connectivity index (χ1v) is 10.3. The van der Waals surface area contributed by atoms with Crippen LogP contribution >= 0.6 is 23.2 Å². The number of nitrogens with one attached hydrogen (secondary N) is 1. The van der Waals surface area contributed by atoms with Crippen molar-refractivity contribution in [2.24, 2.45) is 0 Å². The van der Waals surface area contributed by atoms with Crippen molar-refractivity contribution in [1.29, 1.82) is 0 Å². The van der Waals surface area contributed by atoms with Gasteiger partial charge in [0, 0.05) is 11.3 Å². The van der Waals surface area contributed by atoms with Gasteiger partial charge in [-0.3, -0.25) is 4.79 Å². The van der Waals surface area contributed by atoms with Crippen molar-refractivity contribution in [2.75, 3.05) is 12.4 Å². The maximum absolute atomic E-state index is 13.2. The fraction of sp³-hybridized carbons (Fsp3) is 0.0833. The van der Waals surface area contributed by atoms with Gasteiger partial charge in [0.25, 0.3) is 5.91 Å². The Kier molecular flexibility index (Phi) is 5.98. The third-order valence-corrected chi connectivity index (χ3v) is 5.50.